The normalized spacial score (nSPS) is 10.3. The Labute approximate surface area is 144 Å². The van der Waals surface area contributed by atoms with Crippen LogP contribution >= 0.6 is 0 Å². The molecule has 0 atom stereocenters. The predicted molar refractivity (Wildman–Crippen MR) is 93.3 cm³/mol. The Hall–Kier alpha value is -3.55. The number of amides is 1. The van der Waals surface area contributed by atoms with Crippen molar-refractivity contribution in [2.24, 2.45) is 0 Å². The summed E-state index contributed by atoms with van der Waals surface area (Å²) in [6.45, 7) is 0. The molecule has 8 heteroatoms. The van der Waals surface area contributed by atoms with Crippen molar-refractivity contribution in [1.82, 2.24) is 15.0 Å². The Morgan fingerprint density at radius 3 is 2.48 bits per heavy atom. The monoisotopic (exact) mass is 339 g/mol. The van der Waals surface area contributed by atoms with E-state index in [1.54, 1.807) is 25.3 Å². The van der Waals surface area contributed by atoms with Gasteiger partial charge in [-0.3, -0.25) is 4.79 Å². The first-order valence-electron chi connectivity index (χ1n) is 7.44. The van der Waals surface area contributed by atoms with Crippen molar-refractivity contribution in [3.05, 3.63) is 54.2 Å². The number of hydrogen-bond donors (Lipinski definition) is 2. The largest absolute Gasteiger partial charge is 0.493 e. The molecule has 1 heterocycles. The molecule has 0 saturated carbocycles. The molecule has 25 heavy (non-hydrogen) atoms. The van der Waals surface area contributed by atoms with Gasteiger partial charge in [0, 0.05) is 11.8 Å². The van der Waals surface area contributed by atoms with E-state index in [-0.39, 0.29) is 11.5 Å². The second kappa shape index (κ2) is 6.91. The zero-order chi connectivity index (χ0) is 17.8. The molecule has 0 bridgehead atoms. The molecule has 1 amide bonds. The van der Waals surface area contributed by atoms with E-state index < -0.39 is 5.91 Å². The zero-order valence-electron chi connectivity index (χ0n) is 13.8. The number of carbonyl (C=O) groups is 1. The third kappa shape index (κ3) is 3.23. The Morgan fingerprint density at radius 1 is 1.08 bits per heavy atom. The van der Waals surface area contributed by atoms with Gasteiger partial charge in [-0.05, 0) is 24.3 Å². The van der Waals surface area contributed by atoms with Gasteiger partial charge < -0.3 is 20.5 Å². The maximum atomic E-state index is 12.5. The van der Waals surface area contributed by atoms with Crippen molar-refractivity contribution in [3.63, 3.8) is 0 Å². The molecule has 2 aromatic carbocycles. The second-order valence-corrected chi connectivity index (χ2v) is 5.09. The molecule has 0 aliphatic heterocycles. The molecule has 0 aliphatic carbocycles. The molecule has 0 spiro atoms. The highest BCUT2D eigenvalue weighted by Gasteiger charge is 2.19. The maximum absolute atomic E-state index is 12.5. The minimum absolute atomic E-state index is 0.0404. The Kier molecular flexibility index (Phi) is 4.51. The first-order chi connectivity index (χ1) is 12.1. The number of benzene rings is 2. The van der Waals surface area contributed by atoms with Gasteiger partial charge in [-0.2, -0.15) is 4.68 Å². The van der Waals surface area contributed by atoms with E-state index in [4.69, 9.17) is 15.2 Å². The molecule has 128 valence electrons. The lowest BCUT2D eigenvalue weighted by atomic mass is 10.2. The van der Waals surface area contributed by atoms with E-state index in [1.807, 2.05) is 30.3 Å². The highest BCUT2D eigenvalue weighted by molar-refractivity contribution is 6.05. The summed E-state index contributed by atoms with van der Waals surface area (Å²) in [5.41, 5.74) is 7.31. The first kappa shape index (κ1) is 16.3. The Morgan fingerprint density at radius 2 is 1.80 bits per heavy atom. The predicted octanol–water partition coefficient (Wildman–Crippen LogP) is 2.12. The number of para-hydroxylation sites is 1. The summed E-state index contributed by atoms with van der Waals surface area (Å²) in [6, 6.07) is 14.2. The van der Waals surface area contributed by atoms with Crippen LogP contribution in [0.25, 0.3) is 5.69 Å². The number of nitrogens with one attached hydrogen (secondary N) is 1. The van der Waals surface area contributed by atoms with Crippen LogP contribution in [0.1, 0.15) is 10.5 Å². The van der Waals surface area contributed by atoms with E-state index >= 15 is 0 Å². The number of carbonyl (C=O) groups excluding carboxylic acids is 1. The van der Waals surface area contributed by atoms with E-state index in [9.17, 15) is 4.79 Å². The molecule has 1 aromatic heterocycles. The minimum atomic E-state index is -0.466. The van der Waals surface area contributed by atoms with Crippen molar-refractivity contribution in [3.8, 4) is 17.2 Å². The van der Waals surface area contributed by atoms with E-state index in [2.05, 4.69) is 15.6 Å². The Balaban J connectivity index is 1.84. The molecule has 8 nitrogen and oxygen atoms in total. The average molecular weight is 339 g/mol. The van der Waals surface area contributed by atoms with E-state index in [0.717, 1.165) is 5.69 Å². The summed E-state index contributed by atoms with van der Waals surface area (Å²) in [6.07, 6.45) is 0. The SMILES string of the molecule is COc1ccc(NC(=O)c2nnn(-c3ccccc3)c2N)cc1OC. The number of ether oxygens (including phenoxy) is 2. The fraction of sp³-hybridized carbons (Fsp3) is 0.118. The van der Waals surface area contributed by atoms with Gasteiger partial charge in [0.1, 0.15) is 0 Å². The molecule has 0 saturated heterocycles. The van der Waals surface area contributed by atoms with Crippen LogP contribution in [0.2, 0.25) is 0 Å². The van der Waals surface area contributed by atoms with E-state index in [0.29, 0.717) is 17.2 Å². The molecule has 0 aliphatic rings. The van der Waals surface area contributed by atoms with Crippen LogP contribution in [0, 0.1) is 0 Å². The van der Waals surface area contributed by atoms with Gasteiger partial charge in [-0.1, -0.05) is 23.4 Å². The molecule has 3 rings (SSSR count). The smallest absolute Gasteiger partial charge is 0.280 e. The van der Waals surface area contributed by atoms with Crippen LogP contribution in [-0.4, -0.2) is 35.1 Å². The maximum Gasteiger partial charge on any atom is 0.280 e. The first-order valence-corrected chi connectivity index (χ1v) is 7.44. The fourth-order valence-corrected chi connectivity index (χ4v) is 2.32. The molecule has 0 unspecified atom stereocenters. The summed E-state index contributed by atoms with van der Waals surface area (Å²) >= 11 is 0. The van der Waals surface area contributed by atoms with Gasteiger partial charge in [0.15, 0.2) is 23.0 Å². The van der Waals surface area contributed by atoms with Gasteiger partial charge in [0.25, 0.3) is 5.91 Å². The van der Waals surface area contributed by atoms with E-state index in [1.165, 1.54) is 11.8 Å². The number of anilines is 2. The topological polar surface area (TPSA) is 104 Å². The van der Waals surface area contributed by atoms with Gasteiger partial charge in [0.05, 0.1) is 19.9 Å². The number of nitrogen functional groups attached to an aromatic ring is 1. The zero-order valence-corrected chi connectivity index (χ0v) is 13.8. The molecular formula is C17H17N5O3. The number of nitrogens with zero attached hydrogens (tertiary/aromatic N) is 3. The number of methoxy groups -OCH3 is 2. The van der Waals surface area contributed by atoms with Crippen LogP contribution < -0.4 is 20.5 Å². The third-order valence-corrected chi connectivity index (χ3v) is 3.56. The van der Waals surface area contributed by atoms with Gasteiger partial charge in [-0.25, -0.2) is 0 Å². The van der Waals surface area contributed by atoms with Crippen LogP contribution in [0.15, 0.2) is 48.5 Å². The average Bonchev–Trinajstić information content (AvgIpc) is 3.03. The van der Waals surface area contributed by atoms with Gasteiger partial charge in [0.2, 0.25) is 0 Å². The summed E-state index contributed by atoms with van der Waals surface area (Å²) in [7, 11) is 3.06. The Bertz CT molecular complexity index is 893. The number of nitrogens with two attached hydrogens (primary N) is 1. The van der Waals surface area contributed by atoms with Crippen LogP contribution in [-0.2, 0) is 0 Å². The summed E-state index contributed by atoms with van der Waals surface area (Å²) < 4.78 is 11.8. The second-order valence-electron chi connectivity index (χ2n) is 5.09. The summed E-state index contributed by atoms with van der Waals surface area (Å²) in [5.74, 6) is 0.757. The van der Waals surface area contributed by atoms with Crippen LogP contribution in [0.3, 0.4) is 0 Å². The van der Waals surface area contributed by atoms with Gasteiger partial charge in [-0.15, -0.1) is 5.10 Å². The number of rotatable bonds is 5. The lowest BCUT2D eigenvalue weighted by Gasteiger charge is -2.10. The highest BCUT2D eigenvalue weighted by atomic mass is 16.5. The van der Waals surface area contributed by atoms with Crippen molar-refractivity contribution in [2.75, 3.05) is 25.3 Å². The molecule has 3 aromatic rings. The fourth-order valence-electron chi connectivity index (χ4n) is 2.32. The third-order valence-electron chi connectivity index (χ3n) is 3.56. The van der Waals surface area contributed by atoms with Crippen molar-refractivity contribution >= 4 is 17.4 Å². The van der Waals surface area contributed by atoms with Crippen LogP contribution in [0.5, 0.6) is 11.5 Å². The minimum Gasteiger partial charge on any atom is -0.493 e. The molecule has 3 N–H and O–H groups in total. The van der Waals surface area contributed by atoms with Gasteiger partial charge >= 0.3 is 0 Å². The summed E-state index contributed by atoms with van der Waals surface area (Å²) in [4.78, 5) is 12.5. The van der Waals surface area contributed by atoms with Crippen molar-refractivity contribution in [2.45, 2.75) is 0 Å². The highest BCUT2D eigenvalue weighted by Crippen LogP contribution is 2.30. The van der Waals surface area contributed by atoms with Crippen molar-refractivity contribution < 1.29 is 14.3 Å². The quantitative estimate of drug-likeness (QED) is 0.738. The lowest BCUT2D eigenvalue weighted by Crippen LogP contribution is -2.15. The molecule has 0 fully saturated rings. The summed E-state index contributed by atoms with van der Waals surface area (Å²) in [5, 5.41) is 10.5. The lowest BCUT2D eigenvalue weighted by molar-refractivity contribution is 0.102. The molecular weight excluding hydrogens is 322 g/mol. The standard InChI is InChI=1S/C17H17N5O3/c1-24-13-9-8-11(10-14(13)25-2)19-17(23)15-16(18)22(21-20-15)12-6-4-3-5-7-12/h3-10H,18H2,1-2H3,(H,19,23). The number of hydrogen-bond acceptors (Lipinski definition) is 6. The van der Waals surface area contributed by atoms with Crippen molar-refractivity contribution in [1.29, 1.82) is 0 Å². The molecule has 0 radical (unpaired) electrons. The number of aromatic nitrogens is 3. The van der Waals surface area contributed by atoms with Crippen LogP contribution in [0.4, 0.5) is 11.5 Å².